The Balaban J connectivity index is 1.87. The Kier molecular flexibility index (Phi) is 2.72. The standard InChI is InChI=1S/C9H19N/c1-8(2)5-4-6-9-7-10(9)3/h8-9H,4-7H2,1-3H3/t9-,10?/m1/s1. The molecule has 1 heteroatoms. The van der Waals surface area contributed by atoms with Crippen LogP contribution in [-0.4, -0.2) is 24.5 Å². The zero-order chi connectivity index (χ0) is 7.56. The molecule has 1 aliphatic rings. The first-order valence-electron chi connectivity index (χ1n) is 4.40. The summed E-state index contributed by atoms with van der Waals surface area (Å²) in [4.78, 5) is 2.42. The van der Waals surface area contributed by atoms with Gasteiger partial charge in [0.15, 0.2) is 0 Å². The van der Waals surface area contributed by atoms with E-state index >= 15 is 0 Å². The van der Waals surface area contributed by atoms with Crippen LogP contribution in [0.15, 0.2) is 0 Å². The van der Waals surface area contributed by atoms with Crippen LogP contribution in [0.5, 0.6) is 0 Å². The Bertz CT molecular complexity index is 98.9. The Labute approximate surface area is 64.4 Å². The fraction of sp³-hybridized carbons (Fsp3) is 1.00. The molecule has 0 bridgehead atoms. The molecule has 1 nitrogen and oxygen atoms in total. The maximum Gasteiger partial charge on any atom is 0.0220 e. The summed E-state index contributed by atoms with van der Waals surface area (Å²) in [6.07, 6.45) is 4.26. The molecule has 2 atom stereocenters. The molecule has 10 heavy (non-hydrogen) atoms. The van der Waals surface area contributed by atoms with Crippen molar-refractivity contribution in [3.8, 4) is 0 Å². The largest absolute Gasteiger partial charge is 0.301 e. The molecule has 0 aromatic carbocycles. The van der Waals surface area contributed by atoms with Crippen LogP contribution in [-0.2, 0) is 0 Å². The smallest absolute Gasteiger partial charge is 0.0220 e. The minimum Gasteiger partial charge on any atom is -0.301 e. The third-order valence-electron chi connectivity index (χ3n) is 2.31. The highest BCUT2D eigenvalue weighted by Crippen LogP contribution is 2.20. The van der Waals surface area contributed by atoms with Gasteiger partial charge in [-0.2, -0.15) is 0 Å². The van der Waals surface area contributed by atoms with Gasteiger partial charge in [-0.25, -0.2) is 0 Å². The van der Waals surface area contributed by atoms with Gasteiger partial charge in [0.05, 0.1) is 0 Å². The van der Waals surface area contributed by atoms with Crippen LogP contribution in [0.4, 0.5) is 0 Å². The quantitative estimate of drug-likeness (QED) is 0.542. The zero-order valence-corrected chi connectivity index (χ0v) is 7.43. The summed E-state index contributed by atoms with van der Waals surface area (Å²) in [5, 5.41) is 0. The lowest BCUT2D eigenvalue weighted by molar-refractivity contribution is 0.504. The second-order valence-corrected chi connectivity index (χ2v) is 3.92. The van der Waals surface area contributed by atoms with Gasteiger partial charge in [-0.05, 0) is 19.4 Å². The van der Waals surface area contributed by atoms with Gasteiger partial charge in [0.25, 0.3) is 0 Å². The second-order valence-electron chi connectivity index (χ2n) is 3.92. The fourth-order valence-electron chi connectivity index (χ4n) is 1.36. The summed E-state index contributed by atoms with van der Waals surface area (Å²) in [5.74, 6) is 0.893. The van der Waals surface area contributed by atoms with Gasteiger partial charge in [-0.3, -0.25) is 0 Å². The molecular formula is C9H19N. The van der Waals surface area contributed by atoms with Crippen LogP contribution in [0.3, 0.4) is 0 Å². The highest BCUT2D eigenvalue weighted by Gasteiger charge is 2.28. The Morgan fingerprint density at radius 3 is 2.50 bits per heavy atom. The molecule has 1 rings (SSSR count). The van der Waals surface area contributed by atoms with Crippen LogP contribution in [0.25, 0.3) is 0 Å². The summed E-state index contributed by atoms with van der Waals surface area (Å²) in [6.45, 7) is 5.95. The van der Waals surface area contributed by atoms with Crippen LogP contribution < -0.4 is 0 Å². The predicted molar refractivity (Wildman–Crippen MR) is 45.1 cm³/mol. The van der Waals surface area contributed by atoms with Crippen molar-refractivity contribution in [2.45, 2.75) is 39.2 Å². The summed E-state index contributed by atoms with van der Waals surface area (Å²) >= 11 is 0. The highest BCUT2D eigenvalue weighted by molar-refractivity contribution is 4.85. The van der Waals surface area contributed by atoms with Gasteiger partial charge in [-0.15, -0.1) is 0 Å². The molecule has 0 amide bonds. The Hall–Kier alpha value is -0.0400. The van der Waals surface area contributed by atoms with E-state index in [-0.39, 0.29) is 0 Å². The maximum absolute atomic E-state index is 2.42. The van der Waals surface area contributed by atoms with E-state index in [0.29, 0.717) is 0 Å². The summed E-state index contributed by atoms with van der Waals surface area (Å²) in [7, 11) is 2.21. The van der Waals surface area contributed by atoms with Gasteiger partial charge >= 0.3 is 0 Å². The normalized spacial score (nSPS) is 31.2. The lowest BCUT2D eigenvalue weighted by atomic mass is 10.1. The number of likely N-dealkylation sites (N-methyl/N-ethyl adjacent to an activating group) is 1. The zero-order valence-electron chi connectivity index (χ0n) is 7.43. The number of nitrogens with zero attached hydrogens (tertiary/aromatic N) is 1. The first kappa shape index (κ1) is 8.06. The minimum absolute atomic E-state index is 0.893. The predicted octanol–water partition coefficient (Wildman–Crippen LogP) is 2.13. The average Bonchev–Trinajstić information content (AvgIpc) is 2.46. The molecule has 1 unspecified atom stereocenters. The van der Waals surface area contributed by atoms with Crippen LogP contribution >= 0.6 is 0 Å². The topological polar surface area (TPSA) is 3.01 Å². The number of rotatable bonds is 4. The lowest BCUT2D eigenvalue weighted by Crippen LogP contribution is -1.95. The average molecular weight is 141 g/mol. The third-order valence-corrected chi connectivity index (χ3v) is 2.31. The van der Waals surface area contributed by atoms with Crippen molar-refractivity contribution < 1.29 is 0 Å². The molecule has 1 heterocycles. The summed E-state index contributed by atoms with van der Waals surface area (Å²) in [5.41, 5.74) is 0. The molecule has 1 fully saturated rings. The Morgan fingerprint density at radius 1 is 1.50 bits per heavy atom. The molecule has 1 aliphatic heterocycles. The molecular weight excluding hydrogens is 122 g/mol. The van der Waals surface area contributed by atoms with Crippen LogP contribution in [0.1, 0.15) is 33.1 Å². The van der Waals surface area contributed by atoms with Crippen molar-refractivity contribution in [1.29, 1.82) is 0 Å². The van der Waals surface area contributed by atoms with Crippen LogP contribution in [0.2, 0.25) is 0 Å². The molecule has 0 saturated carbocycles. The van der Waals surface area contributed by atoms with Gasteiger partial charge in [0.1, 0.15) is 0 Å². The number of hydrogen-bond donors (Lipinski definition) is 0. The number of hydrogen-bond acceptors (Lipinski definition) is 1. The molecule has 0 radical (unpaired) electrons. The van der Waals surface area contributed by atoms with Crippen molar-refractivity contribution in [2.24, 2.45) is 5.92 Å². The second kappa shape index (κ2) is 3.38. The van der Waals surface area contributed by atoms with E-state index < -0.39 is 0 Å². The van der Waals surface area contributed by atoms with Crippen molar-refractivity contribution in [1.82, 2.24) is 4.90 Å². The highest BCUT2D eigenvalue weighted by atomic mass is 15.3. The van der Waals surface area contributed by atoms with Crippen molar-refractivity contribution in [3.05, 3.63) is 0 Å². The SMILES string of the molecule is CC(C)CCC[C@@H]1CN1C. The molecule has 60 valence electrons. The first-order valence-corrected chi connectivity index (χ1v) is 4.40. The van der Waals surface area contributed by atoms with Gasteiger partial charge < -0.3 is 4.90 Å². The van der Waals surface area contributed by atoms with E-state index in [1.165, 1.54) is 25.8 Å². The van der Waals surface area contributed by atoms with Gasteiger partial charge in [0.2, 0.25) is 0 Å². The van der Waals surface area contributed by atoms with E-state index in [1.807, 2.05) is 0 Å². The molecule has 0 aromatic heterocycles. The van der Waals surface area contributed by atoms with E-state index in [1.54, 1.807) is 0 Å². The van der Waals surface area contributed by atoms with E-state index in [9.17, 15) is 0 Å². The van der Waals surface area contributed by atoms with Crippen molar-refractivity contribution in [3.63, 3.8) is 0 Å². The summed E-state index contributed by atoms with van der Waals surface area (Å²) < 4.78 is 0. The fourth-order valence-corrected chi connectivity index (χ4v) is 1.36. The van der Waals surface area contributed by atoms with Gasteiger partial charge in [0, 0.05) is 12.6 Å². The van der Waals surface area contributed by atoms with Crippen molar-refractivity contribution >= 4 is 0 Å². The maximum atomic E-state index is 2.42. The molecule has 0 aromatic rings. The molecule has 1 saturated heterocycles. The van der Waals surface area contributed by atoms with Crippen molar-refractivity contribution in [2.75, 3.05) is 13.6 Å². The summed E-state index contributed by atoms with van der Waals surface area (Å²) in [6, 6.07) is 0.943. The lowest BCUT2D eigenvalue weighted by Gasteiger charge is -2.02. The van der Waals surface area contributed by atoms with E-state index in [0.717, 1.165) is 12.0 Å². The first-order chi connectivity index (χ1) is 4.70. The van der Waals surface area contributed by atoms with Crippen LogP contribution in [0, 0.1) is 5.92 Å². The third kappa shape index (κ3) is 2.70. The molecule has 0 N–H and O–H groups in total. The van der Waals surface area contributed by atoms with E-state index in [4.69, 9.17) is 0 Å². The monoisotopic (exact) mass is 141 g/mol. The molecule has 0 aliphatic carbocycles. The Morgan fingerprint density at radius 2 is 2.10 bits per heavy atom. The van der Waals surface area contributed by atoms with E-state index in [2.05, 4.69) is 25.8 Å². The minimum atomic E-state index is 0.893. The van der Waals surface area contributed by atoms with Gasteiger partial charge in [-0.1, -0.05) is 26.7 Å². The molecule has 0 spiro atoms.